The highest BCUT2D eigenvalue weighted by molar-refractivity contribution is 5.20. The summed E-state index contributed by atoms with van der Waals surface area (Å²) in [6, 6.07) is 1.72. The third-order valence-corrected chi connectivity index (χ3v) is 8.36. The Morgan fingerprint density at radius 1 is 0.947 bits per heavy atom. The van der Waals surface area contributed by atoms with Crippen molar-refractivity contribution in [1.29, 1.82) is 0 Å². The number of fused-ring (bicyclic) bond motifs is 7. The predicted molar refractivity (Wildman–Crippen MR) is 77.8 cm³/mol. The molecule has 5 aliphatic carbocycles. The van der Waals surface area contributed by atoms with E-state index < -0.39 is 0 Å². The van der Waals surface area contributed by atoms with Gasteiger partial charge < -0.3 is 5.32 Å². The largest absolute Gasteiger partial charge is 0.310 e. The van der Waals surface area contributed by atoms with Gasteiger partial charge in [-0.05, 0) is 78.9 Å². The van der Waals surface area contributed by atoms with Gasteiger partial charge >= 0.3 is 0 Å². The Kier molecular flexibility index (Phi) is 1.98. The molecule has 0 amide bonds. The number of rotatable bonds is 2. The summed E-state index contributed by atoms with van der Waals surface area (Å²) in [6.07, 6.45) is 9.15. The van der Waals surface area contributed by atoms with Crippen LogP contribution in [0, 0.1) is 40.4 Å². The molecule has 1 heteroatoms. The van der Waals surface area contributed by atoms with Crippen molar-refractivity contribution in [3.63, 3.8) is 0 Å². The van der Waals surface area contributed by atoms with Crippen molar-refractivity contribution in [2.45, 2.75) is 71.4 Å². The fourth-order valence-electron chi connectivity index (χ4n) is 7.46. The molecule has 5 rings (SSSR count). The summed E-state index contributed by atoms with van der Waals surface area (Å²) in [4.78, 5) is 0. The summed E-state index contributed by atoms with van der Waals surface area (Å²) >= 11 is 0. The van der Waals surface area contributed by atoms with Crippen molar-refractivity contribution in [3.05, 3.63) is 0 Å². The molecule has 5 aliphatic rings. The van der Waals surface area contributed by atoms with Crippen LogP contribution in [0.3, 0.4) is 0 Å². The molecule has 5 fully saturated rings. The van der Waals surface area contributed by atoms with E-state index in [0.717, 1.165) is 41.7 Å². The van der Waals surface area contributed by atoms with Gasteiger partial charge in [-0.1, -0.05) is 20.8 Å². The molecule has 0 spiro atoms. The second-order valence-electron chi connectivity index (χ2n) is 9.53. The second-order valence-corrected chi connectivity index (χ2v) is 9.53. The Bertz CT molecular complexity index is 407. The molecule has 0 aromatic rings. The van der Waals surface area contributed by atoms with Gasteiger partial charge in [-0.3, -0.25) is 0 Å². The fourth-order valence-corrected chi connectivity index (χ4v) is 7.46. The lowest BCUT2D eigenvalue weighted by Crippen LogP contribution is -2.52. The van der Waals surface area contributed by atoms with E-state index >= 15 is 0 Å². The maximum atomic E-state index is 4.22. The third kappa shape index (κ3) is 1.27. The molecule has 1 N–H and O–H groups in total. The normalized spacial score (nSPS) is 63.6. The van der Waals surface area contributed by atoms with Gasteiger partial charge in [-0.2, -0.15) is 0 Å². The Hall–Kier alpha value is -0.0400. The van der Waals surface area contributed by atoms with E-state index in [0.29, 0.717) is 10.8 Å². The summed E-state index contributed by atoms with van der Waals surface area (Å²) in [7, 11) is 0. The zero-order valence-corrected chi connectivity index (χ0v) is 12.8. The van der Waals surface area contributed by atoms with Crippen LogP contribution in [-0.4, -0.2) is 12.1 Å². The molecule has 7 atom stereocenters. The highest BCUT2D eigenvalue weighted by Crippen LogP contribution is 2.68. The van der Waals surface area contributed by atoms with E-state index in [9.17, 15) is 0 Å². The van der Waals surface area contributed by atoms with Crippen LogP contribution in [-0.2, 0) is 0 Å². The van der Waals surface area contributed by atoms with Crippen LogP contribution in [0.5, 0.6) is 0 Å². The van der Waals surface area contributed by atoms with E-state index in [1.807, 2.05) is 0 Å². The van der Waals surface area contributed by atoms with Crippen LogP contribution in [0.25, 0.3) is 0 Å². The second kappa shape index (κ2) is 3.24. The van der Waals surface area contributed by atoms with E-state index in [1.165, 1.54) is 19.3 Å². The molecule has 0 radical (unpaired) electrons. The molecule has 0 aliphatic heterocycles. The zero-order chi connectivity index (χ0) is 13.0. The summed E-state index contributed by atoms with van der Waals surface area (Å²) < 4.78 is 0. The standard InChI is InChI=1S/C18H29N/c1-17(2)12-6-7-18(3,9-12)16(17)19-15-13-10-4-5-11(8-10)14(13)15/h10-16,19H,4-9H2,1-3H3. The fraction of sp³-hybridized carbons (Fsp3) is 1.00. The van der Waals surface area contributed by atoms with Crippen LogP contribution in [0.2, 0.25) is 0 Å². The topological polar surface area (TPSA) is 12.0 Å². The van der Waals surface area contributed by atoms with E-state index in [1.54, 1.807) is 19.3 Å². The molecule has 106 valence electrons. The predicted octanol–water partition coefficient (Wildman–Crippen LogP) is 3.84. The summed E-state index contributed by atoms with van der Waals surface area (Å²) in [5.74, 6) is 5.41. The molecule has 0 saturated heterocycles. The highest BCUT2D eigenvalue weighted by atomic mass is 15.1. The van der Waals surface area contributed by atoms with Gasteiger partial charge in [0.1, 0.15) is 0 Å². The molecule has 1 nitrogen and oxygen atoms in total. The van der Waals surface area contributed by atoms with Crippen molar-refractivity contribution in [2.24, 2.45) is 40.4 Å². The highest BCUT2D eigenvalue weighted by Gasteiger charge is 2.67. The molecule has 0 aromatic heterocycles. The van der Waals surface area contributed by atoms with Crippen LogP contribution < -0.4 is 5.32 Å². The molecular weight excluding hydrogens is 230 g/mol. The maximum absolute atomic E-state index is 4.22. The third-order valence-electron chi connectivity index (χ3n) is 8.36. The van der Waals surface area contributed by atoms with Crippen LogP contribution in [0.4, 0.5) is 0 Å². The summed E-state index contributed by atoms with van der Waals surface area (Å²) in [5.41, 5.74) is 1.16. The van der Waals surface area contributed by atoms with Gasteiger partial charge in [0.2, 0.25) is 0 Å². The van der Waals surface area contributed by atoms with E-state index in [-0.39, 0.29) is 0 Å². The van der Waals surface area contributed by atoms with Crippen molar-refractivity contribution >= 4 is 0 Å². The molecule has 7 unspecified atom stereocenters. The SMILES string of the molecule is CC12CCC(C1)C(C)(C)C2NC1C2C3CCC(C3)C12. The average Bonchev–Trinajstić information content (AvgIpc) is 2.77. The van der Waals surface area contributed by atoms with Crippen molar-refractivity contribution in [3.8, 4) is 0 Å². The summed E-state index contributed by atoms with van der Waals surface area (Å²) in [5, 5.41) is 4.22. The Morgan fingerprint density at radius 3 is 2.21 bits per heavy atom. The minimum absolute atomic E-state index is 0.545. The molecular formula is C18H29N. The first-order chi connectivity index (χ1) is 9.01. The lowest BCUT2D eigenvalue weighted by atomic mass is 9.68. The van der Waals surface area contributed by atoms with E-state index in [4.69, 9.17) is 0 Å². The maximum Gasteiger partial charge on any atom is 0.0178 e. The lowest BCUT2D eigenvalue weighted by Gasteiger charge is -2.44. The van der Waals surface area contributed by atoms with Gasteiger partial charge in [0, 0.05) is 12.1 Å². The molecule has 0 heterocycles. The molecule has 5 saturated carbocycles. The minimum Gasteiger partial charge on any atom is -0.310 e. The number of hydrogen-bond acceptors (Lipinski definition) is 1. The zero-order valence-electron chi connectivity index (χ0n) is 12.8. The van der Waals surface area contributed by atoms with Gasteiger partial charge in [-0.25, -0.2) is 0 Å². The van der Waals surface area contributed by atoms with Gasteiger partial charge in [0.05, 0.1) is 0 Å². The van der Waals surface area contributed by atoms with Gasteiger partial charge in [-0.15, -0.1) is 0 Å². The minimum atomic E-state index is 0.545. The Labute approximate surface area is 117 Å². The average molecular weight is 259 g/mol. The van der Waals surface area contributed by atoms with Gasteiger partial charge in [0.15, 0.2) is 0 Å². The molecule has 4 bridgehead atoms. The number of hydrogen-bond donors (Lipinski definition) is 1. The quantitative estimate of drug-likeness (QED) is 0.794. The Morgan fingerprint density at radius 2 is 1.63 bits per heavy atom. The molecule has 0 aromatic carbocycles. The first-order valence-corrected chi connectivity index (χ1v) is 8.77. The summed E-state index contributed by atoms with van der Waals surface area (Å²) in [6.45, 7) is 7.67. The number of nitrogens with one attached hydrogen (secondary N) is 1. The van der Waals surface area contributed by atoms with E-state index in [2.05, 4.69) is 26.1 Å². The van der Waals surface area contributed by atoms with Gasteiger partial charge in [0.25, 0.3) is 0 Å². The van der Waals surface area contributed by atoms with Crippen molar-refractivity contribution < 1.29 is 0 Å². The van der Waals surface area contributed by atoms with Crippen LogP contribution in [0.1, 0.15) is 59.3 Å². The first kappa shape index (κ1) is 11.6. The van der Waals surface area contributed by atoms with Crippen molar-refractivity contribution in [1.82, 2.24) is 5.32 Å². The van der Waals surface area contributed by atoms with Crippen molar-refractivity contribution in [2.75, 3.05) is 0 Å². The smallest absolute Gasteiger partial charge is 0.0178 e. The first-order valence-electron chi connectivity index (χ1n) is 8.77. The lowest BCUT2D eigenvalue weighted by molar-refractivity contribution is 0.103. The monoisotopic (exact) mass is 259 g/mol. The van der Waals surface area contributed by atoms with Crippen LogP contribution >= 0.6 is 0 Å². The van der Waals surface area contributed by atoms with Crippen LogP contribution in [0.15, 0.2) is 0 Å². The Balaban J connectivity index is 1.38. The molecule has 19 heavy (non-hydrogen) atoms.